The molecule has 0 aliphatic rings. The number of ether oxygens (including phenoxy) is 1. The Kier molecular flexibility index (Phi) is 4.92. The summed E-state index contributed by atoms with van der Waals surface area (Å²) in [4.78, 5) is 17.6. The van der Waals surface area contributed by atoms with Crippen LogP contribution in [-0.2, 0) is 6.54 Å². The van der Waals surface area contributed by atoms with E-state index in [-0.39, 0.29) is 28.6 Å². The number of hydrogen-bond donors (Lipinski definition) is 0. The maximum atomic E-state index is 13.7. The van der Waals surface area contributed by atoms with Crippen molar-refractivity contribution in [1.29, 1.82) is 0 Å². The van der Waals surface area contributed by atoms with Gasteiger partial charge in [-0.15, -0.1) is 0 Å². The Hall–Kier alpha value is -2.21. The molecule has 1 heterocycles. The molecule has 7 heteroatoms. The van der Waals surface area contributed by atoms with Crippen molar-refractivity contribution >= 4 is 17.5 Å². The van der Waals surface area contributed by atoms with Gasteiger partial charge in [0.2, 0.25) is 5.88 Å². The third-order valence-corrected chi connectivity index (χ3v) is 3.36. The van der Waals surface area contributed by atoms with E-state index in [4.69, 9.17) is 16.3 Å². The fourth-order valence-corrected chi connectivity index (χ4v) is 2.15. The number of nitrogens with zero attached hydrogens (tertiary/aromatic N) is 2. The van der Waals surface area contributed by atoms with Crippen LogP contribution in [0, 0.1) is 11.6 Å². The predicted octanol–water partition coefficient (Wildman–Crippen LogP) is 3.29. The minimum Gasteiger partial charge on any atom is -0.480 e. The number of pyridine rings is 1. The van der Waals surface area contributed by atoms with Gasteiger partial charge in [-0.2, -0.15) is 0 Å². The van der Waals surface area contributed by atoms with Crippen molar-refractivity contribution in [2.75, 3.05) is 14.2 Å². The van der Waals surface area contributed by atoms with Crippen LogP contribution in [0.25, 0.3) is 0 Å². The number of rotatable bonds is 4. The lowest BCUT2D eigenvalue weighted by Crippen LogP contribution is -2.27. The molecule has 1 aromatic carbocycles. The molecule has 2 rings (SSSR count). The second kappa shape index (κ2) is 6.70. The summed E-state index contributed by atoms with van der Waals surface area (Å²) >= 11 is 6.01. The van der Waals surface area contributed by atoms with Crippen LogP contribution in [0.3, 0.4) is 0 Å². The average Bonchev–Trinajstić information content (AvgIpc) is 2.49. The summed E-state index contributed by atoms with van der Waals surface area (Å²) in [5.74, 6) is -1.78. The Balaban J connectivity index is 2.26. The summed E-state index contributed by atoms with van der Waals surface area (Å²) in [6.45, 7) is -0.0423. The van der Waals surface area contributed by atoms with Crippen LogP contribution >= 0.6 is 11.6 Å². The van der Waals surface area contributed by atoms with E-state index in [1.807, 2.05) is 0 Å². The monoisotopic (exact) mass is 326 g/mol. The number of amides is 1. The molecular weight excluding hydrogens is 314 g/mol. The van der Waals surface area contributed by atoms with E-state index >= 15 is 0 Å². The molecular formula is C15H13ClF2N2O2. The van der Waals surface area contributed by atoms with Crippen LogP contribution in [0.5, 0.6) is 5.88 Å². The third kappa shape index (κ3) is 3.33. The molecule has 116 valence electrons. The van der Waals surface area contributed by atoms with Gasteiger partial charge in [-0.3, -0.25) is 4.79 Å². The standard InChI is InChI=1S/C15H13ClF2N2O2/c1-20(8-9-3-4-10(17)7-12(9)18)15(21)13-11(16)5-6-19-14(13)22-2/h3-7H,8H2,1-2H3. The molecule has 2 aromatic rings. The smallest absolute Gasteiger partial charge is 0.260 e. The largest absolute Gasteiger partial charge is 0.480 e. The Morgan fingerprint density at radius 3 is 2.73 bits per heavy atom. The van der Waals surface area contributed by atoms with Gasteiger partial charge in [-0.05, 0) is 12.1 Å². The number of carbonyl (C=O) groups is 1. The second-order valence-electron chi connectivity index (χ2n) is 4.57. The van der Waals surface area contributed by atoms with Gasteiger partial charge in [-0.1, -0.05) is 17.7 Å². The highest BCUT2D eigenvalue weighted by atomic mass is 35.5. The maximum Gasteiger partial charge on any atom is 0.260 e. The van der Waals surface area contributed by atoms with Crippen LogP contribution in [0.4, 0.5) is 8.78 Å². The minimum atomic E-state index is -0.719. The molecule has 0 radical (unpaired) electrons. The first-order valence-electron chi connectivity index (χ1n) is 6.32. The summed E-state index contributed by atoms with van der Waals surface area (Å²) in [5.41, 5.74) is 0.285. The normalized spacial score (nSPS) is 10.4. The zero-order valence-corrected chi connectivity index (χ0v) is 12.7. The molecule has 0 spiro atoms. The van der Waals surface area contributed by atoms with Crippen LogP contribution in [0.1, 0.15) is 15.9 Å². The number of benzene rings is 1. The minimum absolute atomic E-state index is 0.0423. The average molecular weight is 327 g/mol. The van der Waals surface area contributed by atoms with Crippen molar-refractivity contribution in [3.63, 3.8) is 0 Å². The van der Waals surface area contributed by atoms with Gasteiger partial charge in [0.1, 0.15) is 17.2 Å². The van der Waals surface area contributed by atoms with Gasteiger partial charge < -0.3 is 9.64 Å². The van der Waals surface area contributed by atoms with E-state index in [9.17, 15) is 13.6 Å². The van der Waals surface area contributed by atoms with E-state index in [1.54, 1.807) is 0 Å². The van der Waals surface area contributed by atoms with Crippen molar-refractivity contribution < 1.29 is 18.3 Å². The summed E-state index contributed by atoms with van der Waals surface area (Å²) in [5, 5.41) is 0.184. The third-order valence-electron chi connectivity index (χ3n) is 3.04. The molecule has 0 atom stereocenters. The molecule has 0 bridgehead atoms. The van der Waals surface area contributed by atoms with Crippen LogP contribution in [-0.4, -0.2) is 29.9 Å². The second-order valence-corrected chi connectivity index (χ2v) is 4.98. The first-order chi connectivity index (χ1) is 10.4. The van der Waals surface area contributed by atoms with Crippen LogP contribution < -0.4 is 4.74 Å². The van der Waals surface area contributed by atoms with Gasteiger partial charge in [-0.25, -0.2) is 13.8 Å². The fraction of sp³-hybridized carbons (Fsp3) is 0.200. The van der Waals surface area contributed by atoms with Gasteiger partial charge in [0, 0.05) is 31.4 Å². The molecule has 0 N–H and O–H groups in total. The summed E-state index contributed by atoms with van der Waals surface area (Å²) < 4.78 is 31.6. The molecule has 4 nitrogen and oxygen atoms in total. The first kappa shape index (κ1) is 16.2. The fourth-order valence-electron chi connectivity index (χ4n) is 1.94. The lowest BCUT2D eigenvalue weighted by Gasteiger charge is -2.19. The maximum absolute atomic E-state index is 13.7. The molecule has 1 amide bonds. The lowest BCUT2D eigenvalue weighted by molar-refractivity contribution is 0.0780. The zero-order valence-electron chi connectivity index (χ0n) is 11.9. The number of hydrogen-bond acceptors (Lipinski definition) is 3. The topological polar surface area (TPSA) is 42.4 Å². The van der Waals surface area contributed by atoms with Crippen LogP contribution in [0.2, 0.25) is 5.02 Å². The Bertz CT molecular complexity index is 710. The highest BCUT2D eigenvalue weighted by molar-refractivity contribution is 6.34. The SMILES string of the molecule is COc1nccc(Cl)c1C(=O)N(C)Cc1ccc(F)cc1F. The molecule has 0 aliphatic carbocycles. The molecule has 22 heavy (non-hydrogen) atoms. The molecule has 0 saturated carbocycles. The van der Waals surface area contributed by atoms with Gasteiger partial charge >= 0.3 is 0 Å². The Labute approximate surface area is 131 Å². The van der Waals surface area contributed by atoms with E-state index < -0.39 is 17.5 Å². The number of aromatic nitrogens is 1. The molecule has 0 saturated heterocycles. The molecule has 1 aromatic heterocycles. The highest BCUT2D eigenvalue weighted by Gasteiger charge is 2.22. The molecule has 0 unspecified atom stereocenters. The van der Waals surface area contributed by atoms with Crippen molar-refractivity contribution in [3.05, 3.63) is 58.2 Å². The van der Waals surface area contributed by atoms with Crippen molar-refractivity contribution in [3.8, 4) is 5.88 Å². The summed E-state index contributed by atoms with van der Waals surface area (Å²) in [6, 6.07) is 4.65. The number of halogens is 3. The lowest BCUT2D eigenvalue weighted by atomic mass is 10.1. The van der Waals surface area contributed by atoms with E-state index in [0.29, 0.717) is 0 Å². The van der Waals surface area contributed by atoms with Gasteiger partial charge in [0.05, 0.1) is 12.1 Å². The quantitative estimate of drug-likeness (QED) is 0.866. The van der Waals surface area contributed by atoms with Crippen molar-refractivity contribution in [2.45, 2.75) is 6.54 Å². The highest BCUT2D eigenvalue weighted by Crippen LogP contribution is 2.25. The van der Waals surface area contributed by atoms with E-state index in [1.165, 1.54) is 37.4 Å². The Morgan fingerprint density at radius 2 is 2.09 bits per heavy atom. The van der Waals surface area contributed by atoms with E-state index in [0.717, 1.165) is 12.1 Å². The molecule has 0 aliphatic heterocycles. The van der Waals surface area contributed by atoms with Crippen molar-refractivity contribution in [2.24, 2.45) is 0 Å². The zero-order chi connectivity index (χ0) is 16.3. The predicted molar refractivity (Wildman–Crippen MR) is 78.0 cm³/mol. The van der Waals surface area contributed by atoms with Crippen molar-refractivity contribution in [1.82, 2.24) is 9.88 Å². The molecule has 0 fully saturated rings. The first-order valence-corrected chi connectivity index (χ1v) is 6.69. The van der Waals surface area contributed by atoms with Gasteiger partial charge in [0.25, 0.3) is 5.91 Å². The summed E-state index contributed by atoms with van der Waals surface area (Å²) in [7, 11) is 2.85. The van der Waals surface area contributed by atoms with Crippen LogP contribution in [0.15, 0.2) is 30.5 Å². The van der Waals surface area contributed by atoms with E-state index in [2.05, 4.69) is 4.98 Å². The Morgan fingerprint density at radius 1 is 1.36 bits per heavy atom. The number of carbonyl (C=O) groups excluding carboxylic acids is 1. The number of methoxy groups -OCH3 is 1. The summed E-state index contributed by atoms with van der Waals surface area (Å²) in [6.07, 6.45) is 1.41. The van der Waals surface area contributed by atoms with Gasteiger partial charge in [0.15, 0.2) is 0 Å².